The first-order chi connectivity index (χ1) is 12.0. The summed E-state index contributed by atoms with van der Waals surface area (Å²) in [4.78, 5) is 36.2. The van der Waals surface area contributed by atoms with Gasteiger partial charge in [0.2, 0.25) is 5.91 Å². The summed E-state index contributed by atoms with van der Waals surface area (Å²) in [5.41, 5.74) is -1.33. The average Bonchev–Trinajstić information content (AvgIpc) is 2.60. The molecule has 2 aromatic rings. The third-order valence-electron chi connectivity index (χ3n) is 3.40. The van der Waals surface area contributed by atoms with Crippen LogP contribution in [0, 0.1) is 17.1 Å². The van der Waals surface area contributed by atoms with E-state index in [1.54, 1.807) is 6.07 Å². The van der Waals surface area contributed by atoms with Crippen molar-refractivity contribution < 1.29 is 14.3 Å². The third kappa shape index (κ3) is 4.39. The Labute approximate surface area is 141 Å². The molecule has 25 heavy (non-hydrogen) atoms. The molecule has 9 heteroatoms. The number of nitrogens with one attached hydrogen (secondary N) is 1. The molecule has 1 aromatic heterocycles. The van der Waals surface area contributed by atoms with E-state index in [4.69, 9.17) is 10.4 Å². The normalized spacial score (nSPS) is 10.3. The van der Waals surface area contributed by atoms with Gasteiger partial charge in [-0.1, -0.05) is 12.1 Å². The summed E-state index contributed by atoms with van der Waals surface area (Å²) in [7, 11) is 0. The lowest BCUT2D eigenvalue weighted by Crippen LogP contribution is -2.44. The summed E-state index contributed by atoms with van der Waals surface area (Å²) in [6.45, 7) is -0.943. The topological polar surface area (TPSA) is 117 Å². The minimum absolute atomic E-state index is 0.0939. The predicted molar refractivity (Wildman–Crippen MR) is 85.0 cm³/mol. The van der Waals surface area contributed by atoms with Gasteiger partial charge in [0.1, 0.15) is 24.0 Å². The van der Waals surface area contributed by atoms with Crippen molar-refractivity contribution in [1.29, 1.82) is 5.26 Å². The number of nitriles is 1. The summed E-state index contributed by atoms with van der Waals surface area (Å²) < 4.78 is 14.5. The van der Waals surface area contributed by atoms with Gasteiger partial charge in [-0.25, -0.2) is 13.8 Å². The van der Waals surface area contributed by atoms with Gasteiger partial charge in [0, 0.05) is 12.7 Å². The highest BCUT2D eigenvalue weighted by Crippen LogP contribution is 2.01. The van der Waals surface area contributed by atoms with E-state index in [-0.39, 0.29) is 25.3 Å². The predicted octanol–water partition coefficient (Wildman–Crippen LogP) is -0.671. The van der Waals surface area contributed by atoms with Crippen LogP contribution in [-0.2, 0) is 24.4 Å². The smallest absolute Gasteiger partial charge is 0.331 e. The van der Waals surface area contributed by atoms with E-state index in [1.165, 1.54) is 24.3 Å². The van der Waals surface area contributed by atoms with Crippen LogP contribution in [0.1, 0.15) is 11.1 Å². The Morgan fingerprint density at radius 3 is 2.56 bits per heavy atom. The first kappa shape index (κ1) is 18.1. The minimum atomic E-state index is -0.876. The van der Waals surface area contributed by atoms with Gasteiger partial charge < -0.3 is 10.4 Å². The molecule has 2 rings (SSSR count). The highest BCUT2D eigenvalue weighted by molar-refractivity contribution is 5.75. The van der Waals surface area contributed by atoms with Crippen LogP contribution in [0.2, 0.25) is 0 Å². The lowest BCUT2D eigenvalue weighted by molar-refractivity contribution is -0.121. The SMILES string of the molecule is N#Cc1cn(CCO)c(=O)n(CC(=O)NCc2ccc(F)cc2)c1=O. The van der Waals surface area contributed by atoms with Crippen LogP contribution in [0.3, 0.4) is 0 Å². The van der Waals surface area contributed by atoms with Gasteiger partial charge in [-0.2, -0.15) is 5.26 Å². The molecule has 1 amide bonds. The second kappa shape index (κ2) is 8.03. The largest absolute Gasteiger partial charge is 0.395 e. The van der Waals surface area contributed by atoms with Crippen LogP contribution >= 0.6 is 0 Å². The van der Waals surface area contributed by atoms with Gasteiger partial charge in [-0.15, -0.1) is 0 Å². The maximum absolute atomic E-state index is 12.8. The number of aliphatic hydroxyl groups excluding tert-OH is 1. The van der Waals surface area contributed by atoms with Gasteiger partial charge in [0.05, 0.1) is 13.2 Å². The number of aliphatic hydroxyl groups is 1. The standard InChI is InChI=1S/C16H15FN4O4/c17-13-3-1-11(2-4-13)8-19-14(23)10-21-15(24)12(7-18)9-20(5-6-22)16(21)25/h1-4,9,22H,5-6,8,10H2,(H,19,23). The second-order valence-electron chi connectivity index (χ2n) is 5.15. The summed E-state index contributed by atoms with van der Waals surface area (Å²) >= 11 is 0. The van der Waals surface area contributed by atoms with E-state index >= 15 is 0 Å². The first-order valence-electron chi connectivity index (χ1n) is 7.32. The van der Waals surface area contributed by atoms with Crippen molar-refractivity contribution in [3.63, 3.8) is 0 Å². The van der Waals surface area contributed by atoms with Crippen molar-refractivity contribution in [3.8, 4) is 6.07 Å². The number of hydrogen-bond acceptors (Lipinski definition) is 5. The molecular weight excluding hydrogens is 331 g/mol. The van der Waals surface area contributed by atoms with Crippen LogP contribution in [0.15, 0.2) is 40.1 Å². The van der Waals surface area contributed by atoms with Crippen molar-refractivity contribution in [2.75, 3.05) is 6.61 Å². The molecule has 0 aliphatic rings. The van der Waals surface area contributed by atoms with Crippen LogP contribution in [0.4, 0.5) is 4.39 Å². The molecule has 8 nitrogen and oxygen atoms in total. The monoisotopic (exact) mass is 346 g/mol. The zero-order valence-corrected chi connectivity index (χ0v) is 13.1. The van der Waals surface area contributed by atoms with Crippen LogP contribution in [-0.4, -0.2) is 26.8 Å². The first-order valence-corrected chi connectivity index (χ1v) is 7.32. The number of carbonyl (C=O) groups is 1. The molecule has 0 bridgehead atoms. The molecule has 0 aliphatic heterocycles. The van der Waals surface area contributed by atoms with E-state index < -0.39 is 29.5 Å². The Morgan fingerprint density at radius 2 is 1.96 bits per heavy atom. The Hall–Kier alpha value is -3.25. The van der Waals surface area contributed by atoms with Gasteiger partial charge in [0.25, 0.3) is 5.56 Å². The second-order valence-corrected chi connectivity index (χ2v) is 5.15. The molecular formula is C16H15FN4O4. The molecule has 0 unspecified atom stereocenters. The third-order valence-corrected chi connectivity index (χ3v) is 3.40. The molecule has 2 N–H and O–H groups in total. The molecule has 0 atom stereocenters. The van der Waals surface area contributed by atoms with Crippen molar-refractivity contribution in [3.05, 3.63) is 68.2 Å². The van der Waals surface area contributed by atoms with E-state index in [0.717, 1.165) is 10.8 Å². The number of benzene rings is 1. The van der Waals surface area contributed by atoms with Gasteiger partial charge in [-0.05, 0) is 17.7 Å². The van der Waals surface area contributed by atoms with E-state index in [9.17, 15) is 18.8 Å². The maximum Gasteiger partial charge on any atom is 0.331 e. The average molecular weight is 346 g/mol. The Morgan fingerprint density at radius 1 is 1.28 bits per heavy atom. The summed E-state index contributed by atoms with van der Waals surface area (Å²) in [6.07, 6.45) is 1.05. The number of carbonyl (C=O) groups excluding carboxylic acids is 1. The van der Waals surface area contributed by atoms with Gasteiger partial charge >= 0.3 is 5.69 Å². The van der Waals surface area contributed by atoms with Crippen LogP contribution in [0.5, 0.6) is 0 Å². The molecule has 0 fully saturated rings. The lowest BCUT2D eigenvalue weighted by Gasteiger charge is -2.10. The Balaban J connectivity index is 2.18. The fourth-order valence-electron chi connectivity index (χ4n) is 2.14. The van der Waals surface area contributed by atoms with E-state index in [0.29, 0.717) is 10.1 Å². The number of aromatic nitrogens is 2. The number of hydrogen-bond donors (Lipinski definition) is 2. The van der Waals surface area contributed by atoms with Crippen molar-refractivity contribution >= 4 is 5.91 Å². The van der Waals surface area contributed by atoms with E-state index in [1.807, 2.05) is 0 Å². The lowest BCUT2D eigenvalue weighted by atomic mass is 10.2. The molecule has 130 valence electrons. The summed E-state index contributed by atoms with van der Waals surface area (Å²) in [6, 6.07) is 7.13. The van der Waals surface area contributed by atoms with Crippen LogP contribution in [0.25, 0.3) is 0 Å². The minimum Gasteiger partial charge on any atom is -0.395 e. The fraction of sp³-hybridized carbons (Fsp3) is 0.250. The fourth-order valence-corrected chi connectivity index (χ4v) is 2.14. The van der Waals surface area contributed by atoms with Crippen molar-refractivity contribution in [2.24, 2.45) is 0 Å². The molecule has 0 spiro atoms. The summed E-state index contributed by atoms with van der Waals surface area (Å²) in [5.74, 6) is -1.02. The zero-order valence-electron chi connectivity index (χ0n) is 13.1. The molecule has 0 aliphatic carbocycles. The zero-order chi connectivity index (χ0) is 18.4. The Bertz CT molecular complexity index is 925. The van der Waals surface area contributed by atoms with Crippen molar-refractivity contribution in [2.45, 2.75) is 19.6 Å². The molecule has 0 radical (unpaired) electrons. The molecule has 0 saturated heterocycles. The number of amides is 1. The highest BCUT2D eigenvalue weighted by Gasteiger charge is 2.14. The molecule has 1 aromatic carbocycles. The highest BCUT2D eigenvalue weighted by atomic mass is 19.1. The van der Waals surface area contributed by atoms with Crippen molar-refractivity contribution in [1.82, 2.24) is 14.5 Å². The van der Waals surface area contributed by atoms with Crippen LogP contribution < -0.4 is 16.6 Å². The quantitative estimate of drug-likeness (QED) is 0.719. The molecule has 1 heterocycles. The van der Waals surface area contributed by atoms with Gasteiger partial charge in [0.15, 0.2) is 0 Å². The summed E-state index contributed by atoms with van der Waals surface area (Å²) in [5, 5.41) is 20.4. The Kier molecular flexibility index (Phi) is 5.81. The number of halogens is 1. The number of nitrogens with zero attached hydrogens (tertiary/aromatic N) is 3. The van der Waals surface area contributed by atoms with E-state index in [2.05, 4.69) is 5.32 Å². The number of rotatable bonds is 6. The van der Waals surface area contributed by atoms with Gasteiger partial charge in [-0.3, -0.25) is 14.2 Å². The molecule has 0 saturated carbocycles. The maximum atomic E-state index is 12.8.